The molecule has 0 bridgehead atoms. The van der Waals surface area contributed by atoms with Gasteiger partial charge < -0.3 is 5.32 Å². The lowest BCUT2D eigenvalue weighted by Crippen LogP contribution is -2.30. The zero-order chi connectivity index (χ0) is 21.2. The van der Waals surface area contributed by atoms with Crippen molar-refractivity contribution in [3.63, 3.8) is 0 Å². The van der Waals surface area contributed by atoms with Crippen LogP contribution in [0.1, 0.15) is 64.8 Å². The van der Waals surface area contributed by atoms with Crippen LogP contribution in [0.15, 0.2) is 41.3 Å². The third kappa shape index (κ3) is 4.54. The molecule has 2 aromatic carbocycles. The molecule has 156 valence electrons. The zero-order valence-corrected chi connectivity index (χ0v) is 18.5. The van der Waals surface area contributed by atoms with Crippen LogP contribution in [0, 0.1) is 20.8 Å². The predicted molar refractivity (Wildman–Crippen MR) is 116 cm³/mol. The molecular weight excluding hydrogens is 384 g/mol. The molecule has 1 aliphatic heterocycles. The first kappa shape index (κ1) is 21.5. The summed E-state index contributed by atoms with van der Waals surface area (Å²) in [7, 11) is -3.56. The second-order valence-electron chi connectivity index (χ2n) is 7.88. The van der Waals surface area contributed by atoms with E-state index in [1.54, 1.807) is 12.1 Å². The van der Waals surface area contributed by atoms with E-state index in [1.807, 2.05) is 33.8 Å². The Hall–Kier alpha value is -2.18. The number of hydrogen-bond acceptors (Lipinski definition) is 3. The summed E-state index contributed by atoms with van der Waals surface area (Å²) in [5, 5.41) is 3.10. The lowest BCUT2D eigenvalue weighted by atomic mass is 9.97. The molecule has 0 saturated carbocycles. The van der Waals surface area contributed by atoms with Crippen molar-refractivity contribution in [2.45, 2.75) is 57.9 Å². The fraction of sp³-hybridized carbons (Fsp3) is 0.435. The maximum Gasteiger partial charge on any atom is 0.252 e. The average molecular weight is 415 g/mol. The van der Waals surface area contributed by atoms with Gasteiger partial charge in [0.25, 0.3) is 5.91 Å². The summed E-state index contributed by atoms with van der Waals surface area (Å²) in [6.07, 6.45) is 2.51. The van der Waals surface area contributed by atoms with Gasteiger partial charge in [-0.25, -0.2) is 8.42 Å². The first-order chi connectivity index (χ1) is 13.7. The van der Waals surface area contributed by atoms with Crippen molar-refractivity contribution in [3.05, 3.63) is 64.2 Å². The van der Waals surface area contributed by atoms with E-state index in [4.69, 9.17) is 0 Å². The van der Waals surface area contributed by atoms with Gasteiger partial charge in [-0.05, 0) is 68.9 Å². The molecule has 3 rings (SSSR count). The summed E-state index contributed by atoms with van der Waals surface area (Å²) >= 11 is 0. The molecule has 1 heterocycles. The van der Waals surface area contributed by atoms with Gasteiger partial charge in [-0.2, -0.15) is 4.31 Å². The standard InChI is InChI=1S/C23H30N2O3S/c1-5-22(20-11-8-16(2)14-18(20)4)24-23(26)21-15-19(10-9-17(21)3)29(27,28)25-12-6-7-13-25/h8-11,14-15,22H,5-7,12-13H2,1-4H3,(H,24,26)/t22-/m1/s1. The summed E-state index contributed by atoms with van der Waals surface area (Å²) in [5.41, 5.74) is 4.58. The Labute approximate surface area is 174 Å². The molecule has 2 aromatic rings. The molecular formula is C23H30N2O3S. The maximum atomic E-state index is 13.1. The van der Waals surface area contributed by atoms with E-state index in [0.717, 1.165) is 36.0 Å². The number of rotatable bonds is 6. The minimum atomic E-state index is -3.56. The second kappa shape index (κ2) is 8.67. The number of amides is 1. The van der Waals surface area contributed by atoms with Crippen LogP contribution in [0.5, 0.6) is 0 Å². The van der Waals surface area contributed by atoms with Gasteiger partial charge in [0.05, 0.1) is 10.9 Å². The van der Waals surface area contributed by atoms with Crippen LogP contribution in [0.2, 0.25) is 0 Å². The Bertz CT molecular complexity index is 1010. The smallest absolute Gasteiger partial charge is 0.252 e. The van der Waals surface area contributed by atoms with E-state index in [9.17, 15) is 13.2 Å². The van der Waals surface area contributed by atoms with Gasteiger partial charge in [0.1, 0.15) is 0 Å². The third-order valence-electron chi connectivity index (χ3n) is 5.67. The number of carbonyl (C=O) groups excluding carboxylic acids is 1. The van der Waals surface area contributed by atoms with Crippen molar-refractivity contribution >= 4 is 15.9 Å². The van der Waals surface area contributed by atoms with Crippen molar-refractivity contribution in [1.29, 1.82) is 0 Å². The van der Waals surface area contributed by atoms with Crippen LogP contribution in [0.25, 0.3) is 0 Å². The Morgan fingerprint density at radius 1 is 1.03 bits per heavy atom. The van der Waals surface area contributed by atoms with Crippen LogP contribution in [-0.2, 0) is 10.0 Å². The maximum absolute atomic E-state index is 13.1. The van der Waals surface area contributed by atoms with Gasteiger partial charge in [-0.1, -0.05) is 36.8 Å². The van der Waals surface area contributed by atoms with E-state index < -0.39 is 10.0 Å². The Balaban J connectivity index is 1.88. The lowest BCUT2D eigenvalue weighted by molar-refractivity contribution is 0.0934. The molecule has 29 heavy (non-hydrogen) atoms. The number of nitrogens with zero attached hydrogens (tertiary/aromatic N) is 1. The summed E-state index contributed by atoms with van der Waals surface area (Å²) < 4.78 is 27.3. The molecule has 0 aliphatic carbocycles. The molecule has 1 amide bonds. The summed E-state index contributed by atoms with van der Waals surface area (Å²) in [4.78, 5) is 13.3. The van der Waals surface area contributed by atoms with Crippen LogP contribution in [0.4, 0.5) is 0 Å². The number of benzene rings is 2. The van der Waals surface area contributed by atoms with Gasteiger partial charge in [-0.3, -0.25) is 4.79 Å². The van der Waals surface area contributed by atoms with E-state index in [0.29, 0.717) is 18.7 Å². The van der Waals surface area contributed by atoms with E-state index >= 15 is 0 Å². The fourth-order valence-electron chi connectivity index (χ4n) is 3.94. The average Bonchev–Trinajstić information content (AvgIpc) is 3.22. The number of sulfonamides is 1. The molecule has 1 saturated heterocycles. The molecule has 1 N–H and O–H groups in total. The van der Waals surface area contributed by atoms with Gasteiger partial charge >= 0.3 is 0 Å². The van der Waals surface area contributed by atoms with Gasteiger partial charge in [0.15, 0.2) is 0 Å². The third-order valence-corrected chi connectivity index (χ3v) is 7.57. The second-order valence-corrected chi connectivity index (χ2v) is 9.82. The molecule has 0 aromatic heterocycles. The van der Waals surface area contributed by atoms with Crippen molar-refractivity contribution in [2.24, 2.45) is 0 Å². The lowest BCUT2D eigenvalue weighted by Gasteiger charge is -2.21. The topological polar surface area (TPSA) is 66.5 Å². The van der Waals surface area contributed by atoms with Gasteiger partial charge in [-0.15, -0.1) is 0 Å². The van der Waals surface area contributed by atoms with Crippen LogP contribution >= 0.6 is 0 Å². The molecule has 0 radical (unpaired) electrons. The number of nitrogens with one attached hydrogen (secondary N) is 1. The Kier molecular flexibility index (Phi) is 6.44. The monoisotopic (exact) mass is 414 g/mol. The predicted octanol–water partition coefficient (Wildman–Crippen LogP) is 4.28. The molecule has 6 heteroatoms. The van der Waals surface area contributed by atoms with Crippen molar-refractivity contribution in [2.75, 3.05) is 13.1 Å². The van der Waals surface area contributed by atoms with Crippen LogP contribution in [-0.4, -0.2) is 31.7 Å². The van der Waals surface area contributed by atoms with Crippen LogP contribution in [0.3, 0.4) is 0 Å². The summed E-state index contributed by atoms with van der Waals surface area (Å²) in [5.74, 6) is -0.243. The normalized spacial score (nSPS) is 16.0. The van der Waals surface area contributed by atoms with Gasteiger partial charge in [0.2, 0.25) is 10.0 Å². The van der Waals surface area contributed by atoms with Crippen LogP contribution < -0.4 is 5.32 Å². The van der Waals surface area contributed by atoms with Crippen molar-refractivity contribution in [3.8, 4) is 0 Å². The number of carbonyl (C=O) groups is 1. The highest BCUT2D eigenvalue weighted by Gasteiger charge is 2.28. The largest absolute Gasteiger partial charge is 0.345 e. The highest BCUT2D eigenvalue weighted by molar-refractivity contribution is 7.89. The molecule has 1 atom stereocenters. The molecule has 0 spiro atoms. The number of hydrogen-bond donors (Lipinski definition) is 1. The highest BCUT2D eigenvalue weighted by atomic mass is 32.2. The van der Waals surface area contributed by atoms with Crippen molar-refractivity contribution in [1.82, 2.24) is 9.62 Å². The Morgan fingerprint density at radius 3 is 2.34 bits per heavy atom. The molecule has 0 unspecified atom stereocenters. The van der Waals surface area contributed by atoms with Crippen molar-refractivity contribution < 1.29 is 13.2 Å². The van der Waals surface area contributed by atoms with E-state index in [1.165, 1.54) is 15.9 Å². The Morgan fingerprint density at radius 2 is 1.72 bits per heavy atom. The SMILES string of the molecule is CC[C@@H](NC(=O)c1cc(S(=O)(=O)N2CCCC2)ccc1C)c1ccc(C)cc1C. The summed E-state index contributed by atoms with van der Waals surface area (Å²) in [6.45, 7) is 9.05. The fourth-order valence-corrected chi connectivity index (χ4v) is 5.48. The molecule has 1 fully saturated rings. The van der Waals surface area contributed by atoms with Gasteiger partial charge in [0, 0.05) is 18.7 Å². The van der Waals surface area contributed by atoms with E-state index in [-0.39, 0.29) is 16.8 Å². The number of aryl methyl sites for hydroxylation is 3. The molecule has 1 aliphatic rings. The highest BCUT2D eigenvalue weighted by Crippen LogP contribution is 2.25. The minimum absolute atomic E-state index is 0.124. The first-order valence-corrected chi connectivity index (χ1v) is 11.7. The quantitative estimate of drug-likeness (QED) is 0.767. The first-order valence-electron chi connectivity index (χ1n) is 10.2. The molecule has 5 nitrogen and oxygen atoms in total. The van der Waals surface area contributed by atoms with E-state index in [2.05, 4.69) is 17.4 Å². The minimum Gasteiger partial charge on any atom is -0.345 e. The summed E-state index contributed by atoms with van der Waals surface area (Å²) in [6, 6.07) is 10.9. The zero-order valence-electron chi connectivity index (χ0n) is 17.7.